The lowest BCUT2D eigenvalue weighted by Crippen LogP contribution is -1.93. The Bertz CT molecular complexity index is 564. The van der Waals surface area contributed by atoms with Crippen molar-refractivity contribution in [1.82, 2.24) is 0 Å². The van der Waals surface area contributed by atoms with Gasteiger partial charge in [0, 0.05) is 6.07 Å². The number of hydrogen-bond donors (Lipinski definition) is 0. The van der Waals surface area contributed by atoms with Crippen molar-refractivity contribution in [3.8, 4) is 11.1 Å². The van der Waals surface area contributed by atoms with Crippen LogP contribution < -0.4 is 0 Å². The van der Waals surface area contributed by atoms with Crippen molar-refractivity contribution >= 4 is 5.69 Å². The fraction of sp³-hybridized carbons (Fsp3) is 0.0769. The van der Waals surface area contributed by atoms with Crippen molar-refractivity contribution in [3.05, 3.63) is 64.0 Å². The Labute approximate surface area is 97.7 Å². The molecule has 0 saturated carbocycles. The second kappa shape index (κ2) is 4.33. The largest absolute Gasteiger partial charge is 0.277 e. The smallest absolute Gasteiger partial charge is 0.258 e. The summed E-state index contributed by atoms with van der Waals surface area (Å²) in [7, 11) is 0. The van der Waals surface area contributed by atoms with Gasteiger partial charge in [0.2, 0.25) is 0 Å². The summed E-state index contributed by atoms with van der Waals surface area (Å²) in [6, 6.07) is 10.6. The molecule has 2 aromatic carbocycles. The van der Waals surface area contributed by atoms with E-state index in [2.05, 4.69) is 0 Å². The Morgan fingerprint density at radius 2 is 1.76 bits per heavy atom. The fourth-order valence-corrected chi connectivity index (χ4v) is 1.63. The van der Waals surface area contributed by atoms with Gasteiger partial charge in [0.05, 0.1) is 10.5 Å². The van der Waals surface area contributed by atoms with E-state index >= 15 is 0 Å². The van der Waals surface area contributed by atoms with Gasteiger partial charge in [0.1, 0.15) is 5.82 Å². The molecule has 0 unspecified atom stereocenters. The van der Waals surface area contributed by atoms with E-state index in [9.17, 15) is 14.5 Å². The Hall–Kier alpha value is -2.23. The number of aryl methyl sites for hydroxylation is 1. The molecule has 0 aliphatic carbocycles. The molecule has 0 amide bonds. The monoisotopic (exact) mass is 231 g/mol. The second-order valence-corrected chi connectivity index (χ2v) is 3.78. The van der Waals surface area contributed by atoms with Crippen LogP contribution in [0.25, 0.3) is 11.1 Å². The van der Waals surface area contributed by atoms with Gasteiger partial charge in [-0.1, -0.05) is 29.8 Å². The summed E-state index contributed by atoms with van der Waals surface area (Å²) in [6.45, 7) is 1.92. The molecule has 0 heterocycles. The highest BCUT2D eigenvalue weighted by Gasteiger charge is 2.15. The van der Waals surface area contributed by atoms with Crippen molar-refractivity contribution in [2.24, 2.45) is 0 Å². The van der Waals surface area contributed by atoms with E-state index in [4.69, 9.17) is 0 Å². The number of halogens is 1. The van der Waals surface area contributed by atoms with Gasteiger partial charge in [-0.3, -0.25) is 10.1 Å². The molecule has 2 rings (SSSR count). The third-order valence-corrected chi connectivity index (χ3v) is 2.52. The predicted octanol–water partition coefficient (Wildman–Crippen LogP) is 3.71. The Morgan fingerprint density at radius 3 is 2.35 bits per heavy atom. The first-order chi connectivity index (χ1) is 8.08. The van der Waals surface area contributed by atoms with Crippen molar-refractivity contribution in [3.63, 3.8) is 0 Å². The Balaban J connectivity index is 2.60. The first-order valence-corrected chi connectivity index (χ1v) is 5.09. The van der Waals surface area contributed by atoms with Crippen molar-refractivity contribution in [2.75, 3.05) is 0 Å². The molecule has 0 aliphatic heterocycles. The van der Waals surface area contributed by atoms with Gasteiger partial charge in [0.25, 0.3) is 5.69 Å². The normalized spacial score (nSPS) is 10.2. The lowest BCUT2D eigenvalue weighted by Gasteiger charge is -2.03. The van der Waals surface area contributed by atoms with Gasteiger partial charge in [-0.05, 0) is 24.6 Å². The summed E-state index contributed by atoms with van der Waals surface area (Å²) in [4.78, 5) is 10.4. The van der Waals surface area contributed by atoms with E-state index in [1.54, 1.807) is 12.1 Å². The summed E-state index contributed by atoms with van der Waals surface area (Å²) >= 11 is 0. The summed E-state index contributed by atoms with van der Waals surface area (Å²) in [5, 5.41) is 10.9. The first kappa shape index (κ1) is 11.3. The maximum absolute atomic E-state index is 13.2. The zero-order chi connectivity index (χ0) is 12.4. The molecule has 0 fully saturated rings. The zero-order valence-electron chi connectivity index (χ0n) is 9.18. The van der Waals surface area contributed by atoms with Crippen LogP contribution in [-0.2, 0) is 0 Å². The minimum absolute atomic E-state index is 0.0877. The molecule has 0 N–H and O–H groups in total. The van der Waals surface area contributed by atoms with Gasteiger partial charge in [-0.25, -0.2) is 4.39 Å². The van der Waals surface area contributed by atoms with Crippen LogP contribution in [0.4, 0.5) is 10.1 Å². The molecule has 0 aliphatic rings. The summed E-state index contributed by atoms with van der Waals surface area (Å²) in [6.07, 6.45) is 0. The summed E-state index contributed by atoms with van der Waals surface area (Å²) in [5.74, 6) is -0.480. The molecule has 0 aromatic heterocycles. The van der Waals surface area contributed by atoms with Crippen molar-refractivity contribution in [1.29, 1.82) is 0 Å². The number of nitro benzene ring substituents is 1. The molecule has 2 aromatic rings. The average Bonchev–Trinajstić information content (AvgIpc) is 2.29. The Kier molecular flexibility index (Phi) is 2.87. The molecular weight excluding hydrogens is 221 g/mol. The van der Waals surface area contributed by atoms with Crippen LogP contribution in [0.15, 0.2) is 42.5 Å². The van der Waals surface area contributed by atoms with Crippen LogP contribution >= 0.6 is 0 Å². The van der Waals surface area contributed by atoms with E-state index in [1.165, 1.54) is 12.1 Å². The third kappa shape index (κ3) is 2.30. The van der Waals surface area contributed by atoms with Crippen molar-refractivity contribution < 1.29 is 9.31 Å². The van der Waals surface area contributed by atoms with E-state index in [0.29, 0.717) is 11.1 Å². The third-order valence-electron chi connectivity index (χ3n) is 2.52. The number of benzene rings is 2. The fourth-order valence-electron chi connectivity index (χ4n) is 1.63. The summed E-state index contributed by atoms with van der Waals surface area (Å²) < 4.78 is 13.2. The highest BCUT2D eigenvalue weighted by molar-refractivity contribution is 5.73. The predicted molar refractivity (Wildman–Crippen MR) is 63.2 cm³/mol. The lowest BCUT2D eigenvalue weighted by molar-refractivity contribution is -0.384. The van der Waals surface area contributed by atoms with Crippen LogP contribution in [0.5, 0.6) is 0 Å². The van der Waals surface area contributed by atoms with E-state index in [0.717, 1.165) is 11.6 Å². The SMILES string of the molecule is Cc1ccc(-c2cc(F)ccc2[N+](=O)[O-])cc1. The van der Waals surface area contributed by atoms with Crippen LogP contribution in [0.2, 0.25) is 0 Å². The molecule has 0 bridgehead atoms. The molecule has 0 saturated heterocycles. The molecule has 17 heavy (non-hydrogen) atoms. The number of nitrogens with zero attached hydrogens (tertiary/aromatic N) is 1. The highest BCUT2D eigenvalue weighted by atomic mass is 19.1. The minimum atomic E-state index is -0.505. The highest BCUT2D eigenvalue weighted by Crippen LogP contribution is 2.30. The second-order valence-electron chi connectivity index (χ2n) is 3.78. The van der Waals surface area contributed by atoms with E-state index < -0.39 is 10.7 Å². The quantitative estimate of drug-likeness (QED) is 0.584. The van der Waals surface area contributed by atoms with E-state index in [-0.39, 0.29) is 5.69 Å². The summed E-state index contributed by atoms with van der Waals surface area (Å²) in [5.41, 5.74) is 1.90. The van der Waals surface area contributed by atoms with Gasteiger partial charge >= 0.3 is 0 Å². The number of nitro groups is 1. The lowest BCUT2D eigenvalue weighted by atomic mass is 10.0. The maximum atomic E-state index is 13.2. The van der Waals surface area contributed by atoms with Crippen LogP contribution in [0.1, 0.15) is 5.56 Å². The molecular formula is C13H10FNO2. The van der Waals surface area contributed by atoms with Gasteiger partial charge in [-0.15, -0.1) is 0 Å². The van der Waals surface area contributed by atoms with Crippen LogP contribution in [0, 0.1) is 22.9 Å². The van der Waals surface area contributed by atoms with Crippen LogP contribution in [0.3, 0.4) is 0 Å². The maximum Gasteiger partial charge on any atom is 0.277 e. The molecule has 0 atom stereocenters. The first-order valence-electron chi connectivity index (χ1n) is 5.09. The molecule has 3 nitrogen and oxygen atoms in total. The molecule has 86 valence electrons. The van der Waals surface area contributed by atoms with Gasteiger partial charge in [0.15, 0.2) is 0 Å². The topological polar surface area (TPSA) is 43.1 Å². The number of rotatable bonds is 2. The molecule has 0 spiro atoms. The molecule has 4 heteroatoms. The number of hydrogen-bond acceptors (Lipinski definition) is 2. The van der Waals surface area contributed by atoms with Gasteiger partial charge in [-0.2, -0.15) is 0 Å². The Morgan fingerprint density at radius 1 is 1.12 bits per heavy atom. The average molecular weight is 231 g/mol. The minimum Gasteiger partial charge on any atom is -0.258 e. The van der Waals surface area contributed by atoms with Crippen LogP contribution in [-0.4, -0.2) is 4.92 Å². The standard InChI is InChI=1S/C13H10FNO2/c1-9-2-4-10(5-3-9)12-8-11(14)6-7-13(12)15(16)17/h2-8H,1H3. The van der Waals surface area contributed by atoms with Crippen molar-refractivity contribution in [2.45, 2.75) is 6.92 Å². The molecule has 0 radical (unpaired) electrons. The van der Waals surface area contributed by atoms with Gasteiger partial charge < -0.3 is 0 Å². The van der Waals surface area contributed by atoms with E-state index in [1.807, 2.05) is 19.1 Å². The zero-order valence-corrected chi connectivity index (χ0v) is 9.18.